The first-order chi connectivity index (χ1) is 8.95. The second kappa shape index (κ2) is 5.48. The van der Waals surface area contributed by atoms with Gasteiger partial charge in [-0.25, -0.2) is 8.42 Å². The van der Waals surface area contributed by atoms with E-state index >= 15 is 0 Å². The average Bonchev–Trinajstić information content (AvgIpc) is 2.37. The highest BCUT2D eigenvalue weighted by Gasteiger charge is 2.25. The molecule has 0 unspecified atom stereocenters. The maximum atomic E-state index is 11.8. The lowest BCUT2D eigenvalue weighted by atomic mass is 10.1. The second-order valence-corrected chi connectivity index (χ2v) is 6.68. The molecule has 2 rings (SSSR count). The Hall–Kier alpha value is -1.11. The van der Waals surface area contributed by atoms with E-state index in [-0.39, 0.29) is 17.4 Å². The highest BCUT2D eigenvalue weighted by Crippen LogP contribution is 2.30. The van der Waals surface area contributed by atoms with Crippen LogP contribution in [0.1, 0.15) is 12.5 Å². The van der Waals surface area contributed by atoms with Gasteiger partial charge in [0.2, 0.25) is 0 Å². The third-order valence-corrected chi connectivity index (χ3v) is 4.41. The molecular formula is C12H14ClNO4S. The van der Waals surface area contributed by atoms with Crippen LogP contribution in [0.4, 0.5) is 5.69 Å². The van der Waals surface area contributed by atoms with Crippen molar-refractivity contribution in [3.63, 3.8) is 0 Å². The van der Waals surface area contributed by atoms with Crippen LogP contribution in [0.5, 0.6) is 0 Å². The van der Waals surface area contributed by atoms with E-state index in [2.05, 4.69) is 0 Å². The second-order valence-electron chi connectivity index (χ2n) is 4.14. The van der Waals surface area contributed by atoms with Gasteiger partial charge >= 0.3 is 0 Å². The summed E-state index contributed by atoms with van der Waals surface area (Å²) in [5, 5.41) is 0. The Morgan fingerprint density at radius 1 is 1.42 bits per heavy atom. The number of amides is 1. The van der Waals surface area contributed by atoms with Crippen LogP contribution in [0.25, 0.3) is 0 Å². The maximum absolute atomic E-state index is 11.8. The van der Waals surface area contributed by atoms with Gasteiger partial charge < -0.3 is 9.64 Å². The van der Waals surface area contributed by atoms with Gasteiger partial charge in [0.15, 0.2) is 0 Å². The number of benzene rings is 1. The normalized spacial score (nSPS) is 16.7. The first-order valence-corrected chi connectivity index (χ1v) is 8.20. The number of ether oxygens (including phenoxy) is 1. The van der Waals surface area contributed by atoms with E-state index in [0.717, 1.165) is 0 Å². The summed E-state index contributed by atoms with van der Waals surface area (Å²) in [7, 11) is 1.61. The molecule has 0 aromatic heterocycles. The monoisotopic (exact) mass is 303 g/mol. The Morgan fingerprint density at radius 3 is 2.74 bits per heavy atom. The fraction of sp³-hybridized carbons (Fsp3) is 0.417. The first kappa shape index (κ1) is 14.3. The molecule has 19 heavy (non-hydrogen) atoms. The average molecular weight is 304 g/mol. The summed E-state index contributed by atoms with van der Waals surface area (Å²) in [5.74, 6) is -0.176. The van der Waals surface area contributed by atoms with Crippen LogP contribution in [0, 0.1) is 0 Å². The minimum absolute atomic E-state index is 0.0149. The summed E-state index contributed by atoms with van der Waals surface area (Å²) in [6, 6.07) is 4.77. The molecule has 5 nitrogen and oxygen atoms in total. The Balaban J connectivity index is 2.54. The summed E-state index contributed by atoms with van der Waals surface area (Å²) in [6.45, 7) is 2.70. The number of nitrogens with zero attached hydrogens (tertiary/aromatic N) is 1. The van der Waals surface area contributed by atoms with Gasteiger partial charge in [0.05, 0.1) is 11.5 Å². The van der Waals surface area contributed by atoms with Crippen LogP contribution in [0.2, 0.25) is 0 Å². The standard InChI is InChI=1S/C12H14ClNO4S/c1-2-9-10(14-6-7-18-8-12(14)15)4-3-5-11(9)19(13,16)17/h3-5H,2,6-8H2,1H3. The molecule has 1 saturated heterocycles. The lowest BCUT2D eigenvalue weighted by Gasteiger charge is -2.29. The number of halogens is 1. The molecule has 1 aromatic carbocycles. The van der Waals surface area contributed by atoms with E-state index in [1.54, 1.807) is 17.0 Å². The van der Waals surface area contributed by atoms with E-state index < -0.39 is 9.05 Å². The van der Waals surface area contributed by atoms with E-state index in [4.69, 9.17) is 15.4 Å². The van der Waals surface area contributed by atoms with E-state index in [1.165, 1.54) is 6.07 Å². The van der Waals surface area contributed by atoms with Crippen molar-refractivity contribution in [1.82, 2.24) is 0 Å². The van der Waals surface area contributed by atoms with E-state index in [9.17, 15) is 13.2 Å². The molecule has 1 amide bonds. The molecule has 0 N–H and O–H groups in total. The predicted molar refractivity (Wildman–Crippen MR) is 72.0 cm³/mol. The van der Waals surface area contributed by atoms with Gasteiger partial charge in [-0.2, -0.15) is 0 Å². The molecule has 1 fully saturated rings. The van der Waals surface area contributed by atoms with E-state index in [0.29, 0.717) is 30.8 Å². The molecule has 0 atom stereocenters. The van der Waals surface area contributed by atoms with Crippen molar-refractivity contribution < 1.29 is 17.9 Å². The highest BCUT2D eigenvalue weighted by atomic mass is 35.7. The number of morpholine rings is 1. The van der Waals surface area contributed by atoms with Crippen molar-refractivity contribution in [1.29, 1.82) is 0 Å². The minimum atomic E-state index is -3.82. The molecule has 1 aliphatic heterocycles. The third-order valence-electron chi connectivity index (χ3n) is 3.00. The number of carbonyl (C=O) groups excluding carboxylic acids is 1. The summed E-state index contributed by atoms with van der Waals surface area (Å²) in [6.07, 6.45) is 0.474. The van der Waals surface area contributed by atoms with Crippen LogP contribution >= 0.6 is 10.7 Å². The van der Waals surface area contributed by atoms with Crippen molar-refractivity contribution in [2.45, 2.75) is 18.2 Å². The number of carbonyl (C=O) groups is 1. The van der Waals surface area contributed by atoms with Crippen LogP contribution in [0.15, 0.2) is 23.1 Å². The Bertz CT molecular complexity index is 600. The molecule has 0 radical (unpaired) electrons. The van der Waals surface area contributed by atoms with Crippen LogP contribution in [0.3, 0.4) is 0 Å². The lowest BCUT2D eigenvalue weighted by molar-refractivity contribution is -0.125. The smallest absolute Gasteiger partial charge is 0.261 e. The molecule has 0 aliphatic carbocycles. The molecular weight excluding hydrogens is 290 g/mol. The summed E-state index contributed by atoms with van der Waals surface area (Å²) < 4.78 is 28.2. The molecule has 1 aliphatic rings. The van der Waals surface area contributed by atoms with Gasteiger partial charge in [-0.05, 0) is 24.1 Å². The molecule has 7 heteroatoms. The summed E-state index contributed by atoms with van der Waals surface area (Å²) >= 11 is 0. The third kappa shape index (κ3) is 2.91. The van der Waals surface area contributed by atoms with Gasteiger partial charge in [-0.1, -0.05) is 13.0 Å². The zero-order chi connectivity index (χ0) is 14.0. The number of anilines is 1. The highest BCUT2D eigenvalue weighted by molar-refractivity contribution is 8.13. The molecule has 104 valence electrons. The number of rotatable bonds is 3. The first-order valence-electron chi connectivity index (χ1n) is 5.89. The van der Waals surface area contributed by atoms with Gasteiger partial charge in [0.25, 0.3) is 15.0 Å². The van der Waals surface area contributed by atoms with Gasteiger partial charge in [0.1, 0.15) is 6.61 Å². The molecule has 0 saturated carbocycles. The van der Waals surface area contributed by atoms with Crippen LogP contribution in [-0.4, -0.2) is 34.1 Å². The summed E-state index contributed by atoms with van der Waals surface area (Å²) in [4.78, 5) is 13.5. The van der Waals surface area contributed by atoms with Crippen molar-refractivity contribution >= 4 is 31.3 Å². The topological polar surface area (TPSA) is 63.7 Å². The largest absolute Gasteiger partial charge is 0.370 e. The fourth-order valence-corrected chi connectivity index (χ4v) is 3.38. The van der Waals surface area contributed by atoms with Gasteiger partial charge in [-0.15, -0.1) is 0 Å². The van der Waals surface area contributed by atoms with Gasteiger partial charge in [0, 0.05) is 22.9 Å². The minimum Gasteiger partial charge on any atom is -0.370 e. The molecule has 0 spiro atoms. The van der Waals surface area contributed by atoms with Crippen molar-refractivity contribution in [3.8, 4) is 0 Å². The summed E-state index contributed by atoms with van der Waals surface area (Å²) in [5.41, 5.74) is 1.16. The Labute approximate surface area is 116 Å². The molecule has 1 aromatic rings. The van der Waals surface area contributed by atoms with Crippen LogP contribution < -0.4 is 4.90 Å². The zero-order valence-electron chi connectivity index (χ0n) is 10.4. The molecule has 1 heterocycles. The van der Waals surface area contributed by atoms with Crippen molar-refractivity contribution in [2.24, 2.45) is 0 Å². The van der Waals surface area contributed by atoms with Gasteiger partial charge in [-0.3, -0.25) is 4.79 Å². The Kier molecular flexibility index (Phi) is 4.13. The SMILES string of the molecule is CCc1c(N2CCOCC2=O)cccc1S(=O)(=O)Cl. The quantitative estimate of drug-likeness (QED) is 0.795. The Morgan fingerprint density at radius 2 is 2.16 bits per heavy atom. The lowest BCUT2D eigenvalue weighted by Crippen LogP contribution is -2.42. The van der Waals surface area contributed by atoms with Crippen molar-refractivity contribution in [3.05, 3.63) is 23.8 Å². The fourth-order valence-electron chi connectivity index (χ4n) is 2.16. The number of hydrogen-bond acceptors (Lipinski definition) is 4. The maximum Gasteiger partial charge on any atom is 0.261 e. The molecule has 0 bridgehead atoms. The predicted octanol–water partition coefficient (Wildman–Crippen LogP) is 1.54. The van der Waals surface area contributed by atoms with E-state index in [1.807, 2.05) is 6.92 Å². The van der Waals surface area contributed by atoms with Crippen molar-refractivity contribution in [2.75, 3.05) is 24.7 Å². The number of hydrogen-bond donors (Lipinski definition) is 0. The zero-order valence-corrected chi connectivity index (χ0v) is 12.0. The van der Waals surface area contributed by atoms with Crippen LogP contribution in [-0.2, 0) is 25.0 Å².